The van der Waals surface area contributed by atoms with Gasteiger partial charge in [0, 0.05) is 24.9 Å². The number of hydrogen-bond acceptors (Lipinski definition) is 5. The molecule has 1 aromatic rings. The molecule has 0 saturated carbocycles. The molecule has 0 radical (unpaired) electrons. The number of nitro benzene ring substituents is 1. The van der Waals surface area contributed by atoms with Gasteiger partial charge in [-0.15, -0.1) is 0 Å². The predicted molar refractivity (Wildman–Crippen MR) is 87.6 cm³/mol. The number of amides is 3. The summed E-state index contributed by atoms with van der Waals surface area (Å²) in [4.78, 5) is 37.4. The van der Waals surface area contributed by atoms with Crippen LogP contribution in [-0.2, 0) is 9.53 Å². The normalized spacial score (nSPS) is 20.8. The fraction of sp³-hybridized carbons (Fsp3) is 0.375. The number of nitro groups is 1. The van der Waals surface area contributed by atoms with E-state index < -0.39 is 17.0 Å². The smallest absolute Gasteiger partial charge is 0.319 e. The molecule has 0 bridgehead atoms. The van der Waals surface area contributed by atoms with E-state index in [9.17, 15) is 19.7 Å². The first-order chi connectivity index (χ1) is 12.0. The van der Waals surface area contributed by atoms with Crippen LogP contribution in [0.1, 0.15) is 18.5 Å². The number of carbonyl (C=O) groups excluding carboxylic acids is 2. The molecule has 2 aliphatic heterocycles. The molecular formula is C16H18N4O5. The van der Waals surface area contributed by atoms with Gasteiger partial charge in [-0.25, -0.2) is 4.79 Å². The Bertz CT molecular complexity index is 755. The highest BCUT2D eigenvalue weighted by atomic mass is 16.6. The molecule has 3 rings (SSSR count). The van der Waals surface area contributed by atoms with Crippen LogP contribution in [0.15, 0.2) is 35.5 Å². The zero-order valence-electron chi connectivity index (χ0n) is 13.7. The molecule has 2 aliphatic rings. The Hall–Kier alpha value is -2.94. The fourth-order valence-electron chi connectivity index (χ4n) is 3.05. The average molecular weight is 346 g/mol. The number of hydrogen-bond donors (Lipinski definition) is 2. The summed E-state index contributed by atoms with van der Waals surface area (Å²) in [5.41, 5.74) is 0.826. The Morgan fingerprint density at radius 3 is 2.68 bits per heavy atom. The number of nitrogens with zero attached hydrogens (tertiary/aromatic N) is 2. The average Bonchev–Trinajstić information content (AvgIpc) is 2.61. The van der Waals surface area contributed by atoms with Gasteiger partial charge in [-0.05, 0) is 13.0 Å². The van der Waals surface area contributed by atoms with Crippen molar-refractivity contribution >= 4 is 17.6 Å². The van der Waals surface area contributed by atoms with Crippen LogP contribution in [-0.4, -0.2) is 48.1 Å². The van der Waals surface area contributed by atoms with E-state index in [0.29, 0.717) is 37.6 Å². The van der Waals surface area contributed by atoms with Gasteiger partial charge in [0.05, 0.1) is 35.3 Å². The molecular weight excluding hydrogens is 328 g/mol. The molecule has 1 aromatic carbocycles. The minimum atomic E-state index is -0.884. The van der Waals surface area contributed by atoms with E-state index in [2.05, 4.69) is 10.6 Å². The minimum Gasteiger partial charge on any atom is -0.378 e. The minimum absolute atomic E-state index is 0.144. The first kappa shape index (κ1) is 16.9. The number of morpholine rings is 1. The third-order valence-corrected chi connectivity index (χ3v) is 4.24. The molecule has 25 heavy (non-hydrogen) atoms. The van der Waals surface area contributed by atoms with E-state index in [0.717, 1.165) is 0 Å². The van der Waals surface area contributed by atoms with Gasteiger partial charge < -0.3 is 20.3 Å². The van der Waals surface area contributed by atoms with Crippen molar-refractivity contribution in [1.29, 1.82) is 0 Å². The largest absolute Gasteiger partial charge is 0.378 e. The van der Waals surface area contributed by atoms with E-state index >= 15 is 0 Å². The maximum Gasteiger partial charge on any atom is 0.319 e. The van der Waals surface area contributed by atoms with Crippen LogP contribution in [0.4, 0.5) is 10.5 Å². The first-order valence-electron chi connectivity index (χ1n) is 7.87. The molecule has 0 unspecified atom stereocenters. The van der Waals surface area contributed by atoms with Gasteiger partial charge in [0.2, 0.25) is 0 Å². The molecule has 1 fully saturated rings. The lowest BCUT2D eigenvalue weighted by Gasteiger charge is -2.33. The maximum absolute atomic E-state index is 13.0. The number of urea groups is 1. The summed E-state index contributed by atoms with van der Waals surface area (Å²) in [6.45, 7) is 3.37. The van der Waals surface area contributed by atoms with Gasteiger partial charge in [-0.3, -0.25) is 14.9 Å². The van der Waals surface area contributed by atoms with Crippen molar-refractivity contribution in [3.63, 3.8) is 0 Å². The third-order valence-electron chi connectivity index (χ3n) is 4.24. The molecule has 9 nitrogen and oxygen atoms in total. The molecule has 0 aliphatic carbocycles. The van der Waals surface area contributed by atoms with Gasteiger partial charge in [0.15, 0.2) is 0 Å². The van der Waals surface area contributed by atoms with E-state index in [-0.39, 0.29) is 17.2 Å². The maximum atomic E-state index is 13.0. The number of rotatable bonds is 3. The van der Waals surface area contributed by atoms with Crippen molar-refractivity contribution in [1.82, 2.24) is 15.5 Å². The quantitative estimate of drug-likeness (QED) is 0.628. The number of para-hydroxylation sites is 1. The van der Waals surface area contributed by atoms with Crippen molar-refractivity contribution < 1.29 is 19.2 Å². The Kier molecular flexibility index (Phi) is 4.66. The summed E-state index contributed by atoms with van der Waals surface area (Å²) in [6, 6.07) is 4.71. The Labute approximate surface area is 143 Å². The summed E-state index contributed by atoms with van der Waals surface area (Å²) in [5, 5.41) is 16.6. The molecule has 9 heteroatoms. The van der Waals surface area contributed by atoms with Gasteiger partial charge in [-0.1, -0.05) is 12.1 Å². The predicted octanol–water partition coefficient (Wildman–Crippen LogP) is 1.08. The topological polar surface area (TPSA) is 114 Å². The highest BCUT2D eigenvalue weighted by molar-refractivity contribution is 5.98. The van der Waals surface area contributed by atoms with Gasteiger partial charge in [0.25, 0.3) is 11.6 Å². The highest BCUT2D eigenvalue weighted by Gasteiger charge is 2.36. The second-order valence-corrected chi connectivity index (χ2v) is 5.79. The van der Waals surface area contributed by atoms with Crippen LogP contribution in [0, 0.1) is 10.1 Å². The summed E-state index contributed by atoms with van der Waals surface area (Å²) in [6.07, 6.45) is 0. The lowest BCUT2D eigenvalue weighted by atomic mass is 9.93. The van der Waals surface area contributed by atoms with Crippen LogP contribution in [0.5, 0.6) is 0 Å². The van der Waals surface area contributed by atoms with Crippen molar-refractivity contribution in [3.05, 3.63) is 51.2 Å². The van der Waals surface area contributed by atoms with Crippen molar-refractivity contribution in [2.75, 3.05) is 26.3 Å². The lowest BCUT2D eigenvalue weighted by molar-refractivity contribution is -0.385. The number of benzene rings is 1. The number of nitrogens with one attached hydrogen (secondary N) is 2. The van der Waals surface area contributed by atoms with E-state index in [4.69, 9.17) is 4.74 Å². The fourth-order valence-corrected chi connectivity index (χ4v) is 3.05. The lowest BCUT2D eigenvalue weighted by Crippen LogP contribution is -2.49. The highest BCUT2D eigenvalue weighted by Crippen LogP contribution is 2.33. The molecule has 1 atom stereocenters. The molecule has 2 N–H and O–H groups in total. The monoisotopic (exact) mass is 346 g/mol. The Balaban J connectivity index is 2.04. The Morgan fingerprint density at radius 1 is 1.32 bits per heavy atom. The van der Waals surface area contributed by atoms with Crippen LogP contribution >= 0.6 is 0 Å². The first-order valence-corrected chi connectivity index (χ1v) is 7.87. The Morgan fingerprint density at radius 2 is 2.00 bits per heavy atom. The molecule has 132 valence electrons. The van der Waals surface area contributed by atoms with Crippen LogP contribution in [0.2, 0.25) is 0 Å². The van der Waals surface area contributed by atoms with E-state index in [1.165, 1.54) is 6.07 Å². The van der Waals surface area contributed by atoms with Gasteiger partial charge in [0.1, 0.15) is 0 Å². The molecule has 0 aromatic heterocycles. The second kappa shape index (κ2) is 6.89. The SMILES string of the molecule is CC1=C(C(=O)N2CCOCC2)[C@H](c2ccccc2[N+](=O)[O-])NC(=O)N1. The second-order valence-electron chi connectivity index (χ2n) is 5.79. The zero-order valence-corrected chi connectivity index (χ0v) is 13.7. The molecule has 3 amide bonds. The van der Waals surface area contributed by atoms with Crippen LogP contribution in [0.3, 0.4) is 0 Å². The van der Waals surface area contributed by atoms with Crippen molar-refractivity contribution in [2.45, 2.75) is 13.0 Å². The van der Waals surface area contributed by atoms with Gasteiger partial charge >= 0.3 is 6.03 Å². The standard InChI is InChI=1S/C16H18N4O5/c1-10-13(15(21)19-6-8-25-9-7-19)14(18-16(22)17-10)11-4-2-3-5-12(11)20(23)24/h2-5,14H,6-9H2,1H3,(H2,17,18,22)/t14-/m0/s1. The molecule has 0 spiro atoms. The van der Waals surface area contributed by atoms with Gasteiger partial charge in [-0.2, -0.15) is 0 Å². The third kappa shape index (κ3) is 3.31. The van der Waals surface area contributed by atoms with Crippen LogP contribution < -0.4 is 10.6 Å². The van der Waals surface area contributed by atoms with E-state index in [1.54, 1.807) is 30.0 Å². The summed E-state index contributed by atoms with van der Waals surface area (Å²) in [7, 11) is 0. The number of carbonyl (C=O) groups is 2. The zero-order chi connectivity index (χ0) is 18.0. The summed E-state index contributed by atoms with van der Waals surface area (Å²) >= 11 is 0. The van der Waals surface area contributed by atoms with E-state index in [1.807, 2.05) is 0 Å². The van der Waals surface area contributed by atoms with Crippen molar-refractivity contribution in [2.24, 2.45) is 0 Å². The van der Waals surface area contributed by atoms with Crippen molar-refractivity contribution in [3.8, 4) is 0 Å². The summed E-state index contributed by atoms with van der Waals surface area (Å²) in [5.74, 6) is -0.267. The van der Waals surface area contributed by atoms with Crippen LogP contribution in [0.25, 0.3) is 0 Å². The number of allylic oxidation sites excluding steroid dienone is 1. The molecule has 1 saturated heterocycles. The molecule has 2 heterocycles. The summed E-state index contributed by atoms with van der Waals surface area (Å²) < 4.78 is 5.26. The number of ether oxygens (including phenoxy) is 1.